The molecule has 3 aromatic rings. The number of hydrogen-bond acceptors (Lipinski definition) is 3. The van der Waals surface area contributed by atoms with Gasteiger partial charge in [0.15, 0.2) is 0 Å². The van der Waals surface area contributed by atoms with Crippen molar-refractivity contribution in [2.45, 2.75) is 19.4 Å². The maximum atomic E-state index is 13.0. The Morgan fingerprint density at radius 2 is 1.59 bits per heavy atom. The molecule has 0 unspecified atom stereocenters. The Morgan fingerprint density at radius 1 is 0.875 bits per heavy atom. The number of aliphatic hydroxyl groups is 1. The molecule has 1 saturated heterocycles. The molecule has 6 nitrogen and oxygen atoms in total. The Bertz CT molecular complexity index is 1050. The standard InChI is InChI=1S/C26H27N3O3/c30-18-15-20-7-11-23(12-8-20)27-25(31)22-9-13-24(14-10-22)29-17-4-16-28(26(29)32)19-21-5-2-1-3-6-21/h1-3,5-14,30H,4,15-19H2,(H,27,31). The lowest BCUT2D eigenvalue weighted by Crippen LogP contribution is -2.49. The topological polar surface area (TPSA) is 72.9 Å². The average Bonchev–Trinajstić information content (AvgIpc) is 2.83. The summed E-state index contributed by atoms with van der Waals surface area (Å²) in [6.07, 6.45) is 1.49. The number of nitrogens with zero attached hydrogens (tertiary/aromatic N) is 2. The number of anilines is 2. The SMILES string of the molecule is O=C(Nc1ccc(CCO)cc1)c1ccc(N2CCCN(Cc3ccccc3)C2=O)cc1. The van der Waals surface area contributed by atoms with Gasteiger partial charge in [-0.25, -0.2) is 4.79 Å². The van der Waals surface area contributed by atoms with Gasteiger partial charge in [-0.1, -0.05) is 42.5 Å². The molecule has 4 rings (SSSR count). The van der Waals surface area contributed by atoms with Crippen LogP contribution >= 0.6 is 0 Å². The molecule has 0 atom stereocenters. The first-order valence-electron chi connectivity index (χ1n) is 10.9. The highest BCUT2D eigenvalue weighted by atomic mass is 16.3. The predicted octanol–water partition coefficient (Wildman–Crippen LogP) is 4.31. The van der Waals surface area contributed by atoms with Crippen molar-refractivity contribution in [3.8, 4) is 0 Å². The molecule has 32 heavy (non-hydrogen) atoms. The number of urea groups is 1. The largest absolute Gasteiger partial charge is 0.396 e. The van der Waals surface area contributed by atoms with Crippen molar-refractivity contribution in [2.24, 2.45) is 0 Å². The molecule has 2 N–H and O–H groups in total. The monoisotopic (exact) mass is 429 g/mol. The maximum absolute atomic E-state index is 13.0. The van der Waals surface area contributed by atoms with E-state index in [0.717, 1.165) is 29.8 Å². The van der Waals surface area contributed by atoms with E-state index in [1.54, 1.807) is 17.0 Å². The minimum atomic E-state index is -0.206. The van der Waals surface area contributed by atoms with Crippen LogP contribution in [0.4, 0.5) is 16.2 Å². The summed E-state index contributed by atoms with van der Waals surface area (Å²) in [5.74, 6) is -0.206. The first kappa shape index (κ1) is 21.6. The third-order valence-electron chi connectivity index (χ3n) is 5.58. The molecule has 1 heterocycles. The summed E-state index contributed by atoms with van der Waals surface area (Å²) in [6.45, 7) is 2.09. The second-order valence-corrected chi connectivity index (χ2v) is 7.87. The van der Waals surface area contributed by atoms with E-state index in [9.17, 15) is 9.59 Å². The van der Waals surface area contributed by atoms with Gasteiger partial charge in [-0.3, -0.25) is 9.69 Å². The van der Waals surface area contributed by atoms with E-state index in [2.05, 4.69) is 5.32 Å². The Hall–Kier alpha value is -3.64. The Kier molecular flexibility index (Phi) is 6.82. The van der Waals surface area contributed by atoms with Crippen molar-refractivity contribution >= 4 is 23.3 Å². The number of hydrogen-bond donors (Lipinski definition) is 2. The quantitative estimate of drug-likeness (QED) is 0.588. The van der Waals surface area contributed by atoms with Gasteiger partial charge in [0.2, 0.25) is 0 Å². The number of carbonyl (C=O) groups excluding carboxylic acids is 2. The van der Waals surface area contributed by atoms with E-state index < -0.39 is 0 Å². The minimum absolute atomic E-state index is 0.0136. The van der Waals surface area contributed by atoms with E-state index in [1.807, 2.05) is 71.6 Å². The molecule has 1 fully saturated rings. The van der Waals surface area contributed by atoms with Gasteiger partial charge in [-0.05, 0) is 60.4 Å². The van der Waals surface area contributed by atoms with Crippen LogP contribution in [0, 0.1) is 0 Å². The number of rotatable bonds is 7. The number of amides is 3. The molecule has 0 aromatic heterocycles. The van der Waals surface area contributed by atoms with Crippen LogP contribution in [0.25, 0.3) is 0 Å². The van der Waals surface area contributed by atoms with Crippen LogP contribution in [0.5, 0.6) is 0 Å². The van der Waals surface area contributed by atoms with Gasteiger partial charge in [-0.15, -0.1) is 0 Å². The van der Waals surface area contributed by atoms with Crippen LogP contribution in [0.2, 0.25) is 0 Å². The molecule has 3 amide bonds. The lowest BCUT2D eigenvalue weighted by Gasteiger charge is -2.35. The van der Waals surface area contributed by atoms with Crippen LogP contribution in [-0.4, -0.2) is 41.6 Å². The summed E-state index contributed by atoms with van der Waals surface area (Å²) in [5.41, 5.74) is 4.14. The highest BCUT2D eigenvalue weighted by molar-refractivity contribution is 6.04. The van der Waals surface area contributed by atoms with Crippen molar-refractivity contribution in [1.29, 1.82) is 0 Å². The van der Waals surface area contributed by atoms with Gasteiger partial charge in [0.05, 0.1) is 0 Å². The van der Waals surface area contributed by atoms with Gasteiger partial charge in [0, 0.05) is 43.2 Å². The van der Waals surface area contributed by atoms with Crippen LogP contribution in [0.1, 0.15) is 27.9 Å². The zero-order valence-electron chi connectivity index (χ0n) is 17.9. The molecular weight excluding hydrogens is 402 g/mol. The lowest BCUT2D eigenvalue weighted by atomic mass is 10.1. The molecule has 0 bridgehead atoms. The third-order valence-corrected chi connectivity index (χ3v) is 5.58. The molecule has 0 spiro atoms. The molecule has 6 heteroatoms. The van der Waals surface area contributed by atoms with Crippen molar-refractivity contribution in [3.63, 3.8) is 0 Å². The molecule has 1 aliphatic heterocycles. The predicted molar refractivity (Wildman–Crippen MR) is 126 cm³/mol. The number of aliphatic hydroxyl groups excluding tert-OH is 1. The van der Waals surface area contributed by atoms with E-state index in [0.29, 0.717) is 30.8 Å². The average molecular weight is 430 g/mol. The van der Waals surface area contributed by atoms with E-state index in [4.69, 9.17) is 5.11 Å². The molecule has 164 valence electrons. The number of carbonyl (C=O) groups is 2. The van der Waals surface area contributed by atoms with Crippen molar-refractivity contribution in [1.82, 2.24) is 4.90 Å². The minimum Gasteiger partial charge on any atom is -0.396 e. The van der Waals surface area contributed by atoms with Crippen LogP contribution in [0.15, 0.2) is 78.9 Å². The summed E-state index contributed by atoms with van der Waals surface area (Å²) >= 11 is 0. The summed E-state index contributed by atoms with van der Waals surface area (Å²) in [6, 6.07) is 24.5. The maximum Gasteiger partial charge on any atom is 0.324 e. The molecule has 0 radical (unpaired) electrons. The first-order valence-corrected chi connectivity index (χ1v) is 10.9. The van der Waals surface area contributed by atoms with Gasteiger partial charge in [0.1, 0.15) is 0 Å². The summed E-state index contributed by atoms with van der Waals surface area (Å²) in [5, 5.41) is 11.9. The first-order chi connectivity index (χ1) is 15.6. The van der Waals surface area contributed by atoms with Crippen molar-refractivity contribution in [3.05, 3.63) is 95.6 Å². The Morgan fingerprint density at radius 3 is 2.28 bits per heavy atom. The van der Waals surface area contributed by atoms with Gasteiger partial charge in [-0.2, -0.15) is 0 Å². The summed E-state index contributed by atoms with van der Waals surface area (Å²) < 4.78 is 0. The summed E-state index contributed by atoms with van der Waals surface area (Å²) in [7, 11) is 0. The van der Waals surface area contributed by atoms with E-state index >= 15 is 0 Å². The zero-order chi connectivity index (χ0) is 22.3. The smallest absolute Gasteiger partial charge is 0.324 e. The summed E-state index contributed by atoms with van der Waals surface area (Å²) in [4.78, 5) is 29.2. The lowest BCUT2D eigenvalue weighted by molar-refractivity contribution is 0.102. The van der Waals surface area contributed by atoms with Crippen molar-refractivity contribution in [2.75, 3.05) is 29.9 Å². The molecule has 0 saturated carbocycles. The van der Waals surface area contributed by atoms with Crippen LogP contribution in [-0.2, 0) is 13.0 Å². The van der Waals surface area contributed by atoms with Gasteiger partial charge >= 0.3 is 6.03 Å². The van der Waals surface area contributed by atoms with E-state index in [1.165, 1.54) is 0 Å². The molecular formula is C26H27N3O3. The van der Waals surface area contributed by atoms with Crippen LogP contribution < -0.4 is 10.2 Å². The number of nitrogens with one attached hydrogen (secondary N) is 1. The fraction of sp³-hybridized carbons (Fsp3) is 0.231. The van der Waals surface area contributed by atoms with Crippen molar-refractivity contribution < 1.29 is 14.7 Å². The molecule has 0 aliphatic carbocycles. The Labute approximate surface area is 188 Å². The molecule has 1 aliphatic rings. The van der Waals surface area contributed by atoms with E-state index in [-0.39, 0.29) is 18.5 Å². The van der Waals surface area contributed by atoms with Gasteiger partial charge in [0.25, 0.3) is 5.91 Å². The highest BCUT2D eigenvalue weighted by Gasteiger charge is 2.26. The second-order valence-electron chi connectivity index (χ2n) is 7.87. The Balaban J connectivity index is 1.40. The highest BCUT2D eigenvalue weighted by Crippen LogP contribution is 2.22. The second kappa shape index (κ2) is 10.1. The van der Waals surface area contributed by atoms with Crippen LogP contribution in [0.3, 0.4) is 0 Å². The normalized spacial score (nSPS) is 13.8. The molecule has 3 aromatic carbocycles. The zero-order valence-corrected chi connectivity index (χ0v) is 17.9. The number of benzene rings is 3. The van der Waals surface area contributed by atoms with Gasteiger partial charge < -0.3 is 15.3 Å². The fourth-order valence-corrected chi connectivity index (χ4v) is 3.85. The third kappa shape index (κ3) is 5.15. The fourth-order valence-electron chi connectivity index (χ4n) is 3.85.